The van der Waals surface area contributed by atoms with Gasteiger partial charge in [0.05, 0.1) is 0 Å². The zero-order chi connectivity index (χ0) is 12.5. The molecule has 18 heavy (non-hydrogen) atoms. The van der Waals surface area contributed by atoms with E-state index >= 15 is 0 Å². The lowest BCUT2D eigenvalue weighted by Gasteiger charge is -2.03. The van der Waals surface area contributed by atoms with Crippen LogP contribution in [0, 0.1) is 11.8 Å². The number of amides is 1. The SMILES string of the molecule is C[C@@H]1C[C@H]1C(=O)NCCc1c[nH]c2ccccc12. The van der Waals surface area contributed by atoms with Gasteiger partial charge in [-0.1, -0.05) is 25.1 Å². The van der Waals surface area contributed by atoms with Crippen molar-refractivity contribution in [2.75, 3.05) is 6.54 Å². The molecule has 1 heterocycles. The van der Waals surface area contributed by atoms with Crippen molar-refractivity contribution < 1.29 is 4.79 Å². The molecule has 1 saturated carbocycles. The fraction of sp³-hybridized carbons (Fsp3) is 0.400. The molecule has 2 N–H and O–H groups in total. The van der Waals surface area contributed by atoms with Crippen molar-refractivity contribution >= 4 is 16.8 Å². The zero-order valence-electron chi connectivity index (χ0n) is 10.6. The number of carbonyl (C=O) groups is 1. The van der Waals surface area contributed by atoms with E-state index in [4.69, 9.17) is 0 Å². The fourth-order valence-corrected chi connectivity index (χ4v) is 2.48. The molecule has 1 aliphatic rings. The predicted octanol–water partition coefficient (Wildman–Crippen LogP) is 2.48. The summed E-state index contributed by atoms with van der Waals surface area (Å²) in [6.45, 7) is 2.85. The second-order valence-electron chi connectivity index (χ2n) is 5.22. The summed E-state index contributed by atoms with van der Waals surface area (Å²) >= 11 is 0. The van der Waals surface area contributed by atoms with E-state index in [-0.39, 0.29) is 11.8 Å². The molecule has 3 heteroatoms. The molecule has 2 aromatic rings. The van der Waals surface area contributed by atoms with Gasteiger partial charge in [0, 0.05) is 29.6 Å². The van der Waals surface area contributed by atoms with Crippen LogP contribution in [0.1, 0.15) is 18.9 Å². The molecule has 2 atom stereocenters. The van der Waals surface area contributed by atoms with Gasteiger partial charge in [0.1, 0.15) is 0 Å². The zero-order valence-corrected chi connectivity index (χ0v) is 10.6. The molecule has 0 unspecified atom stereocenters. The quantitative estimate of drug-likeness (QED) is 0.850. The third-order valence-corrected chi connectivity index (χ3v) is 3.81. The van der Waals surface area contributed by atoms with Gasteiger partial charge in [-0.05, 0) is 30.4 Å². The summed E-state index contributed by atoms with van der Waals surface area (Å²) in [6.07, 6.45) is 3.98. The second kappa shape index (κ2) is 4.48. The van der Waals surface area contributed by atoms with Crippen molar-refractivity contribution in [2.24, 2.45) is 11.8 Å². The van der Waals surface area contributed by atoms with Crippen LogP contribution in [-0.4, -0.2) is 17.4 Å². The van der Waals surface area contributed by atoms with Crippen LogP contribution in [0.4, 0.5) is 0 Å². The summed E-state index contributed by atoms with van der Waals surface area (Å²) in [7, 11) is 0. The summed E-state index contributed by atoms with van der Waals surface area (Å²) in [5.41, 5.74) is 2.43. The monoisotopic (exact) mass is 242 g/mol. The summed E-state index contributed by atoms with van der Waals surface area (Å²) < 4.78 is 0. The van der Waals surface area contributed by atoms with Gasteiger partial charge in [-0.2, -0.15) is 0 Å². The van der Waals surface area contributed by atoms with Crippen LogP contribution in [0.2, 0.25) is 0 Å². The first-order chi connectivity index (χ1) is 8.75. The lowest BCUT2D eigenvalue weighted by atomic mass is 10.1. The van der Waals surface area contributed by atoms with E-state index in [1.54, 1.807) is 0 Å². The highest BCUT2D eigenvalue weighted by Crippen LogP contribution is 2.37. The van der Waals surface area contributed by atoms with Gasteiger partial charge in [0.15, 0.2) is 0 Å². The topological polar surface area (TPSA) is 44.9 Å². The number of hydrogen-bond acceptors (Lipinski definition) is 1. The Morgan fingerprint density at radius 2 is 2.22 bits per heavy atom. The van der Waals surface area contributed by atoms with E-state index in [1.165, 1.54) is 10.9 Å². The molecule has 1 aromatic heterocycles. The molecule has 0 radical (unpaired) electrons. The minimum absolute atomic E-state index is 0.224. The van der Waals surface area contributed by atoms with Crippen molar-refractivity contribution in [1.29, 1.82) is 0 Å². The molecule has 1 amide bonds. The fourth-order valence-electron chi connectivity index (χ4n) is 2.48. The van der Waals surface area contributed by atoms with Gasteiger partial charge >= 0.3 is 0 Å². The standard InChI is InChI=1S/C15H18N2O/c1-10-8-13(10)15(18)16-7-6-11-9-17-14-5-3-2-4-12(11)14/h2-5,9-10,13,17H,6-8H2,1H3,(H,16,18)/t10-,13-/m1/s1. The third-order valence-electron chi connectivity index (χ3n) is 3.81. The normalized spacial score (nSPS) is 22.1. The van der Waals surface area contributed by atoms with Crippen LogP contribution in [0.25, 0.3) is 10.9 Å². The predicted molar refractivity (Wildman–Crippen MR) is 72.3 cm³/mol. The molecule has 0 saturated heterocycles. The van der Waals surface area contributed by atoms with Crippen molar-refractivity contribution in [3.05, 3.63) is 36.0 Å². The van der Waals surface area contributed by atoms with Gasteiger partial charge in [-0.3, -0.25) is 4.79 Å². The summed E-state index contributed by atoms with van der Waals surface area (Å²) in [5, 5.41) is 4.28. The Morgan fingerprint density at radius 3 is 3.00 bits per heavy atom. The van der Waals surface area contributed by atoms with E-state index in [9.17, 15) is 4.79 Å². The van der Waals surface area contributed by atoms with E-state index in [0.717, 1.165) is 24.9 Å². The first-order valence-electron chi connectivity index (χ1n) is 6.58. The van der Waals surface area contributed by atoms with Crippen LogP contribution in [0.15, 0.2) is 30.5 Å². The highest BCUT2D eigenvalue weighted by molar-refractivity contribution is 5.83. The number of hydrogen-bond donors (Lipinski definition) is 2. The molecular weight excluding hydrogens is 224 g/mol. The number of fused-ring (bicyclic) bond motifs is 1. The minimum Gasteiger partial charge on any atom is -0.361 e. The highest BCUT2D eigenvalue weighted by atomic mass is 16.2. The maximum atomic E-state index is 11.7. The molecule has 0 bridgehead atoms. The Hall–Kier alpha value is -1.77. The number of aromatic nitrogens is 1. The van der Waals surface area contributed by atoms with Crippen LogP contribution >= 0.6 is 0 Å². The lowest BCUT2D eigenvalue weighted by molar-refractivity contribution is -0.122. The molecule has 94 valence electrons. The number of para-hydroxylation sites is 1. The van der Waals surface area contributed by atoms with E-state index in [2.05, 4.69) is 29.4 Å². The summed E-state index contributed by atoms with van der Waals surface area (Å²) in [6, 6.07) is 8.26. The molecule has 1 aromatic carbocycles. The van der Waals surface area contributed by atoms with Gasteiger partial charge in [0.2, 0.25) is 5.91 Å². The largest absolute Gasteiger partial charge is 0.361 e. The smallest absolute Gasteiger partial charge is 0.223 e. The Bertz CT molecular complexity index is 573. The van der Waals surface area contributed by atoms with Crippen LogP contribution < -0.4 is 5.32 Å². The molecule has 0 aliphatic heterocycles. The van der Waals surface area contributed by atoms with Crippen molar-refractivity contribution in [2.45, 2.75) is 19.8 Å². The van der Waals surface area contributed by atoms with E-state index in [0.29, 0.717) is 5.92 Å². The number of aromatic amines is 1. The van der Waals surface area contributed by atoms with Crippen molar-refractivity contribution in [3.8, 4) is 0 Å². The van der Waals surface area contributed by atoms with Gasteiger partial charge in [-0.15, -0.1) is 0 Å². The first-order valence-corrected chi connectivity index (χ1v) is 6.58. The third kappa shape index (κ3) is 2.13. The van der Waals surface area contributed by atoms with Gasteiger partial charge in [0.25, 0.3) is 0 Å². The maximum Gasteiger partial charge on any atom is 0.223 e. The molecule has 3 rings (SSSR count). The number of H-pyrrole nitrogens is 1. The number of benzene rings is 1. The van der Waals surface area contributed by atoms with Gasteiger partial charge in [-0.25, -0.2) is 0 Å². The van der Waals surface area contributed by atoms with Crippen molar-refractivity contribution in [1.82, 2.24) is 10.3 Å². The van der Waals surface area contributed by atoms with Crippen molar-refractivity contribution in [3.63, 3.8) is 0 Å². The van der Waals surface area contributed by atoms with Crippen LogP contribution in [0.3, 0.4) is 0 Å². The van der Waals surface area contributed by atoms with E-state index in [1.807, 2.05) is 18.3 Å². The second-order valence-corrected chi connectivity index (χ2v) is 5.22. The molecule has 1 fully saturated rings. The molecular formula is C15H18N2O. The maximum absolute atomic E-state index is 11.7. The van der Waals surface area contributed by atoms with Gasteiger partial charge < -0.3 is 10.3 Å². The summed E-state index contributed by atoms with van der Waals surface area (Å²) in [5.74, 6) is 1.08. The Morgan fingerprint density at radius 1 is 1.44 bits per heavy atom. The lowest BCUT2D eigenvalue weighted by Crippen LogP contribution is -2.27. The molecule has 0 spiro atoms. The number of carbonyl (C=O) groups excluding carboxylic acids is 1. The molecule has 1 aliphatic carbocycles. The Labute approximate surface area is 107 Å². The first kappa shape index (κ1) is 11.3. The number of nitrogens with one attached hydrogen (secondary N) is 2. The average Bonchev–Trinajstić information content (AvgIpc) is 2.98. The average molecular weight is 242 g/mol. The summed E-state index contributed by atoms with van der Waals surface area (Å²) in [4.78, 5) is 14.9. The number of rotatable bonds is 4. The van der Waals surface area contributed by atoms with Crippen LogP contribution in [-0.2, 0) is 11.2 Å². The minimum atomic E-state index is 0.224. The molecule has 3 nitrogen and oxygen atoms in total. The highest BCUT2D eigenvalue weighted by Gasteiger charge is 2.38. The Kier molecular flexibility index (Phi) is 2.82. The van der Waals surface area contributed by atoms with Crippen LogP contribution in [0.5, 0.6) is 0 Å². The van der Waals surface area contributed by atoms with E-state index < -0.39 is 0 Å². The Balaban J connectivity index is 1.58.